The van der Waals surface area contributed by atoms with Crippen LogP contribution in [0, 0.1) is 0 Å². The number of aromatic amines is 1. The number of imidazole rings is 1. The summed E-state index contributed by atoms with van der Waals surface area (Å²) in [5.74, 6) is 0.961. The number of H-pyrrole nitrogens is 1. The van der Waals surface area contributed by atoms with E-state index in [0.29, 0.717) is 0 Å². The summed E-state index contributed by atoms with van der Waals surface area (Å²) in [6.45, 7) is 0. The van der Waals surface area contributed by atoms with Crippen LogP contribution in [0.2, 0.25) is 0 Å². The highest BCUT2D eigenvalue weighted by atomic mass is 32.1. The molecule has 0 spiro atoms. The van der Waals surface area contributed by atoms with E-state index in [9.17, 15) is 0 Å². The van der Waals surface area contributed by atoms with E-state index >= 15 is 0 Å². The van der Waals surface area contributed by atoms with Crippen LogP contribution in [0.25, 0.3) is 0 Å². The molecule has 0 saturated heterocycles. The van der Waals surface area contributed by atoms with Gasteiger partial charge in [-0.2, -0.15) is 0 Å². The highest BCUT2D eigenvalue weighted by Gasteiger charge is 2.13. The molecule has 0 saturated carbocycles. The van der Waals surface area contributed by atoms with E-state index in [1.54, 1.807) is 17.5 Å². The van der Waals surface area contributed by atoms with E-state index in [-0.39, 0.29) is 6.04 Å². The summed E-state index contributed by atoms with van der Waals surface area (Å²) in [5.41, 5.74) is 0. The first kappa shape index (κ1) is 9.36. The average Bonchev–Trinajstić information content (AvgIpc) is 2.86. The fourth-order valence-corrected chi connectivity index (χ4v) is 2.00. The third-order valence-electron chi connectivity index (χ3n) is 2.06. The number of aromatic nitrogens is 3. The largest absolute Gasteiger partial charge is 0.347 e. The lowest BCUT2D eigenvalue weighted by Gasteiger charge is -2.11. The molecular formula is C9H12N4S. The molecule has 2 rings (SSSR count). The predicted octanol–water partition coefficient (Wildman–Crippen LogP) is 1.37. The zero-order valence-corrected chi connectivity index (χ0v) is 8.71. The second-order valence-electron chi connectivity index (χ2n) is 2.95. The number of nitrogens with one attached hydrogen (secondary N) is 2. The zero-order valence-electron chi connectivity index (χ0n) is 7.90. The van der Waals surface area contributed by atoms with Gasteiger partial charge in [0, 0.05) is 30.4 Å². The van der Waals surface area contributed by atoms with Gasteiger partial charge in [0.25, 0.3) is 0 Å². The molecule has 0 fully saturated rings. The fourth-order valence-electron chi connectivity index (χ4n) is 1.33. The highest BCUT2D eigenvalue weighted by molar-refractivity contribution is 7.09. The topological polar surface area (TPSA) is 53.6 Å². The third kappa shape index (κ3) is 2.00. The summed E-state index contributed by atoms with van der Waals surface area (Å²) >= 11 is 1.67. The van der Waals surface area contributed by atoms with E-state index in [4.69, 9.17) is 0 Å². The van der Waals surface area contributed by atoms with E-state index in [1.165, 1.54) is 0 Å². The molecule has 74 valence electrons. The van der Waals surface area contributed by atoms with Crippen molar-refractivity contribution in [2.75, 3.05) is 7.05 Å². The van der Waals surface area contributed by atoms with E-state index in [0.717, 1.165) is 17.3 Å². The molecule has 2 heterocycles. The van der Waals surface area contributed by atoms with Crippen LogP contribution in [0.5, 0.6) is 0 Å². The van der Waals surface area contributed by atoms with Crippen LogP contribution in [0.3, 0.4) is 0 Å². The molecule has 1 atom stereocenters. The normalized spacial score (nSPS) is 12.9. The Kier molecular flexibility index (Phi) is 2.90. The van der Waals surface area contributed by atoms with Gasteiger partial charge in [-0.15, -0.1) is 11.3 Å². The highest BCUT2D eigenvalue weighted by Crippen LogP contribution is 2.15. The van der Waals surface area contributed by atoms with Crippen molar-refractivity contribution in [2.45, 2.75) is 12.5 Å². The maximum absolute atomic E-state index is 4.25. The van der Waals surface area contributed by atoms with Gasteiger partial charge < -0.3 is 10.3 Å². The van der Waals surface area contributed by atoms with Gasteiger partial charge in [0.15, 0.2) is 0 Å². The molecule has 0 aliphatic rings. The minimum absolute atomic E-state index is 0.219. The van der Waals surface area contributed by atoms with Crippen LogP contribution in [-0.2, 0) is 6.42 Å². The van der Waals surface area contributed by atoms with Crippen LogP contribution < -0.4 is 5.32 Å². The maximum atomic E-state index is 4.25. The zero-order chi connectivity index (χ0) is 9.80. The Labute approximate surface area is 86.4 Å². The molecule has 0 radical (unpaired) electrons. The molecule has 0 aromatic carbocycles. The monoisotopic (exact) mass is 208 g/mol. The Bertz CT molecular complexity index is 354. The van der Waals surface area contributed by atoms with Gasteiger partial charge in [-0.05, 0) is 7.05 Å². The Hall–Kier alpha value is -1.20. The summed E-state index contributed by atoms with van der Waals surface area (Å²) < 4.78 is 0. The predicted molar refractivity (Wildman–Crippen MR) is 56.2 cm³/mol. The second-order valence-corrected chi connectivity index (χ2v) is 3.92. The second kappa shape index (κ2) is 4.34. The van der Waals surface area contributed by atoms with Crippen LogP contribution in [-0.4, -0.2) is 22.0 Å². The third-order valence-corrected chi connectivity index (χ3v) is 2.86. The van der Waals surface area contributed by atoms with Gasteiger partial charge in [-0.25, -0.2) is 9.97 Å². The molecule has 0 amide bonds. The summed E-state index contributed by atoms with van der Waals surface area (Å²) in [7, 11) is 1.93. The fraction of sp³-hybridized carbons (Fsp3) is 0.333. The first-order valence-electron chi connectivity index (χ1n) is 4.45. The van der Waals surface area contributed by atoms with Crippen molar-refractivity contribution >= 4 is 11.3 Å². The number of nitrogens with zero attached hydrogens (tertiary/aromatic N) is 2. The molecule has 0 aliphatic carbocycles. The summed E-state index contributed by atoms with van der Waals surface area (Å²) in [6, 6.07) is 0.219. The quantitative estimate of drug-likeness (QED) is 0.798. The number of rotatable bonds is 4. The Morgan fingerprint density at radius 1 is 1.50 bits per heavy atom. The SMILES string of the molecule is CNC(Cc1nccs1)c1ncc[nH]1. The van der Waals surface area contributed by atoms with Crippen LogP contribution in [0.4, 0.5) is 0 Å². The lowest BCUT2D eigenvalue weighted by molar-refractivity contribution is 0.562. The number of hydrogen-bond acceptors (Lipinski definition) is 4. The molecule has 14 heavy (non-hydrogen) atoms. The first-order chi connectivity index (χ1) is 6.90. The van der Waals surface area contributed by atoms with Crippen molar-refractivity contribution in [1.29, 1.82) is 0 Å². The van der Waals surface area contributed by atoms with Gasteiger partial charge in [0.2, 0.25) is 0 Å². The summed E-state index contributed by atoms with van der Waals surface area (Å²) in [6.07, 6.45) is 6.31. The minimum atomic E-state index is 0.219. The molecule has 4 nitrogen and oxygen atoms in total. The van der Waals surface area contributed by atoms with Gasteiger partial charge >= 0.3 is 0 Å². The Morgan fingerprint density at radius 3 is 3.00 bits per heavy atom. The van der Waals surface area contributed by atoms with E-state index < -0.39 is 0 Å². The molecule has 2 N–H and O–H groups in total. The van der Waals surface area contributed by atoms with Crippen molar-refractivity contribution in [3.05, 3.63) is 34.8 Å². The average molecular weight is 208 g/mol. The lowest BCUT2D eigenvalue weighted by atomic mass is 10.2. The molecule has 1 unspecified atom stereocenters. The molecule has 5 heteroatoms. The van der Waals surface area contributed by atoms with Gasteiger partial charge in [-0.1, -0.05) is 0 Å². The maximum Gasteiger partial charge on any atom is 0.123 e. The van der Waals surface area contributed by atoms with E-state index in [1.807, 2.05) is 24.8 Å². The van der Waals surface area contributed by atoms with Crippen molar-refractivity contribution in [2.24, 2.45) is 0 Å². The smallest absolute Gasteiger partial charge is 0.123 e. The molecular weight excluding hydrogens is 196 g/mol. The number of thiazole rings is 1. The van der Waals surface area contributed by atoms with Crippen molar-refractivity contribution in [3.8, 4) is 0 Å². The summed E-state index contributed by atoms with van der Waals surface area (Å²) in [4.78, 5) is 11.6. The molecule has 0 bridgehead atoms. The van der Waals surface area contributed by atoms with E-state index in [2.05, 4.69) is 20.3 Å². The molecule has 2 aromatic heterocycles. The minimum Gasteiger partial charge on any atom is -0.347 e. The Morgan fingerprint density at radius 2 is 2.43 bits per heavy atom. The Balaban J connectivity index is 2.08. The lowest BCUT2D eigenvalue weighted by Crippen LogP contribution is -2.20. The van der Waals surface area contributed by atoms with Gasteiger partial charge in [0.1, 0.15) is 5.82 Å². The standard InChI is InChI=1S/C9H12N4S/c1-10-7(9-12-2-3-13-9)6-8-11-4-5-14-8/h2-5,7,10H,6H2,1H3,(H,12,13). The number of likely N-dealkylation sites (N-methyl/N-ethyl adjacent to an activating group) is 1. The van der Waals surface area contributed by atoms with Crippen LogP contribution in [0.1, 0.15) is 16.9 Å². The molecule has 0 aliphatic heterocycles. The number of hydrogen-bond donors (Lipinski definition) is 2. The van der Waals surface area contributed by atoms with Crippen LogP contribution in [0.15, 0.2) is 24.0 Å². The summed E-state index contributed by atoms with van der Waals surface area (Å²) in [5, 5.41) is 6.33. The van der Waals surface area contributed by atoms with Crippen LogP contribution >= 0.6 is 11.3 Å². The molecule has 2 aromatic rings. The van der Waals surface area contributed by atoms with Gasteiger partial charge in [0.05, 0.1) is 11.0 Å². The first-order valence-corrected chi connectivity index (χ1v) is 5.33. The van der Waals surface area contributed by atoms with Crippen molar-refractivity contribution < 1.29 is 0 Å². The van der Waals surface area contributed by atoms with Crippen molar-refractivity contribution in [1.82, 2.24) is 20.3 Å². The van der Waals surface area contributed by atoms with Gasteiger partial charge in [-0.3, -0.25) is 0 Å². The van der Waals surface area contributed by atoms with Crippen molar-refractivity contribution in [3.63, 3.8) is 0 Å².